The van der Waals surface area contributed by atoms with Crippen molar-refractivity contribution in [2.24, 2.45) is 0 Å². The molecule has 0 saturated heterocycles. The van der Waals surface area contributed by atoms with Gasteiger partial charge in [-0.25, -0.2) is 4.39 Å². The number of halogens is 1. The van der Waals surface area contributed by atoms with Crippen molar-refractivity contribution >= 4 is 17.3 Å². The van der Waals surface area contributed by atoms with Gasteiger partial charge in [0, 0.05) is 16.7 Å². The highest BCUT2D eigenvalue weighted by Gasteiger charge is 2.52. The van der Waals surface area contributed by atoms with Gasteiger partial charge in [-0.15, -0.1) is 0 Å². The molecule has 0 fully saturated rings. The lowest BCUT2D eigenvalue weighted by Gasteiger charge is -2.17. The minimum Gasteiger partial charge on any atom is -0.374 e. The Balaban J connectivity index is 1.94. The van der Waals surface area contributed by atoms with Crippen molar-refractivity contribution in [2.45, 2.75) is 12.0 Å². The van der Waals surface area contributed by atoms with E-state index < -0.39 is 35.2 Å². The summed E-state index contributed by atoms with van der Waals surface area (Å²) in [6.07, 6.45) is -0.706. The average molecular weight is 298 g/mol. The highest BCUT2D eigenvalue weighted by Crippen LogP contribution is 2.33. The zero-order valence-corrected chi connectivity index (χ0v) is 11.4. The van der Waals surface area contributed by atoms with Gasteiger partial charge in [0.2, 0.25) is 11.6 Å². The average Bonchev–Trinajstić information content (AvgIpc) is 2.70. The van der Waals surface area contributed by atoms with Gasteiger partial charge in [-0.05, 0) is 12.1 Å². The molecule has 0 spiro atoms. The summed E-state index contributed by atoms with van der Waals surface area (Å²) in [7, 11) is 0. The molecule has 3 rings (SSSR count). The summed E-state index contributed by atoms with van der Waals surface area (Å²) in [5.41, 5.74) is -2.21. The van der Waals surface area contributed by atoms with E-state index in [1.807, 2.05) is 0 Å². The molecular formula is C17H11FO4. The number of carbonyl (C=O) groups is 3. The molecule has 0 heterocycles. The molecule has 1 aliphatic rings. The number of aliphatic hydroxyl groups is 1. The first kappa shape index (κ1) is 14.3. The first-order valence-corrected chi connectivity index (χ1v) is 6.63. The summed E-state index contributed by atoms with van der Waals surface area (Å²) in [4.78, 5) is 36.7. The van der Waals surface area contributed by atoms with Crippen LogP contribution in [0, 0.1) is 5.82 Å². The van der Waals surface area contributed by atoms with E-state index in [9.17, 15) is 23.9 Å². The molecule has 110 valence electrons. The van der Waals surface area contributed by atoms with Gasteiger partial charge in [0.05, 0.1) is 6.42 Å². The number of carbonyl (C=O) groups excluding carboxylic acids is 3. The van der Waals surface area contributed by atoms with E-state index in [1.165, 1.54) is 30.3 Å². The van der Waals surface area contributed by atoms with Gasteiger partial charge in [0.15, 0.2) is 11.4 Å². The number of rotatable bonds is 3. The van der Waals surface area contributed by atoms with Crippen molar-refractivity contribution in [3.05, 3.63) is 71.0 Å². The standard InChI is InChI=1S/C17H11FO4/c18-11-5-3-4-10(8-11)14(19)9-17(22)15(20)12-6-1-2-7-13(12)16(17)21/h1-8,22H,9H2. The van der Waals surface area contributed by atoms with Crippen LogP contribution in [-0.2, 0) is 0 Å². The van der Waals surface area contributed by atoms with Gasteiger partial charge in [-0.3, -0.25) is 14.4 Å². The van der Waals surface area contributed by atoms with Crippen LogP contribution < -0.4 is 0 Å². The maximum Gasteiger partial charge on any atom is 0.203 e. The minimum atomic E-state index is -2.41. The molecule has 0 aromatic heterocycles. The predicted molar refractivity (Wildman–Crippen MR) is 75.4 cm³/mol. The number of fused-ring (bicyclic) bond motifs is 1. The third kappa shape index (κ3) is 2.07. The molecule has 2 aromatic rings. The summed E-state index contributed by atoms with van der Waals surface area (Å²) in [5.74, 6) is -2.86. The van der Waals surface area contributed by atoms with Crippen molar-refractivity contribution in [3.63, 3.8) is 0 Å². The second kappa shape index (κ2) is 4.96. The number of hydrogen-bond donors (Lipinski definition) is 1. The Labute approximate surface area is 125 Å². The van der Waals surface area contributed by atoms with Crippen LogP contribution in [0.1, 0.15) is 37.5 Å². The Bertz CT molecular complexity index is 775. The molecule has 0 aliphatic heterocycles. The molecule has 0 radical (unpaired) electrons. The van der Waals surface area contributed by atoms with Crippen molar-refractivity contribution in [1.82, 2.24) is 0 Å². The van der Waals surface area contributed by atoms with E-state index in [2.05, 4.69) is 0 Å². The van der Waals surface area contributed by atoms with Gasteiger partial charge < -0.3 is 5.11 Å². The van der Waals surface area contributed by atoms with Gasteiger partial charge >= 0.3 is 0 Å². The predicted octanol–water partition coefficient (Wildman–Crippen LogP) is 2.21. The van der Waals surface area contributed by atoms with Gasteiger partial charge in [0.1, 0.15) is 5.82 Å². The Morgan fingerprint density at radius 3 is 2.14 bits per heavy atom. The summed E-state index contributed by atoms with van der Waals surface area (Å²) < 4.78 is 13.2. The Hall–Kier alpha value is -2.66. The zero-order chi connectivity index (χ0) is 15.9. The Kier molecular flexibility index (Phi) is 3.22. The van der Waals surface area contributed by atoms with E-state index in [4.69, 9.17) is 0 Å². The van der Waals surface area contributed by atoms with Crippen molar-refractivity contribution in [2.75, 3.05) is 0 Å². The molecule has 0 bridgehead atoms. The van der Waals surface area contributed by atoms with Crippen LogP contribution in [0.2, 0.25) is 0 Å². The quantitative estimate of drug-likeness (QED) is 0.696. The van der Waals surface area contributed by atoms with Crippen LogP contribution in [-0.4, -0.2) is 28.1 Å². The zero-order valence-electron chi connectivity index (χ0n) is 11.4. The number of hydrogen-bond acceptors (Lipinski definition) is 4. The summed E-state index contributed by atoms with van der Waals surface area (Å²) >= 11 is 0. The van der Waals surface area contributed by atoms with E-state index in [1.54, 1.807) is 12.1 Å². The fourth-order valence-corrected chi connectivity index (χ4v) is 2.58. The number of Topliss-reactive ketones (excluding diaryl/α,β-unsaturated/α-hetero) is 3. The van der Waals surface area contributed by atoms with E-state index in [0.29, 0.717) is 0 Å². The second-order valence-corrected chi connectivity index (χ2v) is 5.17. The number of benzene rings is 2. The molecule has 0 saturated carbocycles. The SMILES string of the molecule is O=C(CC1(O)C(=O)c2ccccc2C1=O)c1cccc(F)c1. The molecule has 22 heavy (non-hydrogen) atoms. The molecule has 0 amide bonds. The third-order valence-electron chi connectivity index (χ3n) is 3.73. The normalized spacial score (nSPS) is 15.7. The van der Waals surface area contributed by atoms with Crippen molar-refractivity contribution in [1.29, 1.82) is 0 Å². The monoisotopic (exact) mass is 298 g/mol. The lowest BCUT2D eigenvalue weighted by atomic mass is 9.89. The van der Waals surface area contributed by atoms with Crippen LogP contribution in [0.25, 0.3) is 0 Å². The maximum absolute atomic E-state index is 13.2. The lowest BCUT2D eigenvalue weighted by molar-refractivity contribution is 0.0295. The second-order valence-electron chi connectivity index (χ2n) is 5.17. The molecule has 2 aromatic carbocycles. The molecule has 1 N–H and O–H groups in total. The van der Waals surface area contributed by atoms with Gasteiger partial charge in [-0.2, -0.15) is 0 Å². The van der Waals surface area contributed by atoms with E-state index >= 15 is 0 Å². The van der Waals surface area contributed by atoms with Gasteiger partial charge in [-0.1, -0.05) is 36.4 Å². The fraction of sp³-hybridized carbons (Fsp3) is 0.118. The van der Waals surface area contributed by atoms with Crippen LogP contribution >= 0.6 is 0 Å². The van der Waals surface area contributed by atoms with E-state index in [-0.39, 0.29) is 16.7 Å². The Morgan fingerprint density at radius 1 is 1.00 bits per heavy atom. The molecule has 0 unspecified atom stereocenters. The third-order valence-corrected chi connectivity index (χ3v) is 3.73. The largest absolute Gasteiger partial charge is 0.374 e. The first-order valence-electron chi connectivity index (χ1n) is 6.63. The highest BCUT2D eigenvalue weighted by atomic mass is 19.1. The smallest absolute Gasteiger partial charge is 0.203 e. The van der Waals surface area contributed by atoms with Crippen LogP contribution in [0.15, 0.2) is 48.5 Å². The van der Waals surface area contributed by atoms with Crippen LogP contribution in [0.5, 0.6) is 0 Å². The van der Waals surface area contributed by atoms with Crippen LogP contribution in [0.3, 0.4) is 0 Å². The molecule has 5 heteroatoms. The molecular weight excluding hydrogens is 287 g/mol. The topological polar surface area (TPSA) is 71.4 Å². The first-order chi connectivity index (χ1) is 10.4. The van der Waals surface area contributed by atoms with Crippen molar-refractivity contribution in [3.8, 4) is 0 Å². The highest BCUT2D eigenvalue weighted by molar-refractivity contribution is 6.33. The van der Waals surface area contributed by atoms with Crippen molar-refractivity contribution < 1.29 is 23.9 Å². The van der Waals surface area contributed by atoms with E-state index in [0.717, 1.165) is 6.07 Å². The lowest BCUT2D eigenvalue weighted by Crippen LogP contribution is -2.43. The summed E-state index contributed by atoms with van der Waals surface area (Å²) in [6, 6.07) is 10.9. The molecule has 4 nitrogen and oxygen atoms in total. The van der Waals surface area contributed by atoms with Crippen LogP contribution in [0.4, 0.5) is 4.39 Å². The minimum absolute atomic E-state index is 0.00461. The number of ketones is 3. The fourth-order valence-electron chi connectivity index (χ4n) is 2.58. The summed E-state index contributed by atoms with van der Waals surface area (Å²) in [6.45, 7) is 0. The van der Waals surface area contributed by atoms with Gasteiger partial charge in [0.25, 0.3) is 0 Å². The molecule has 0 atom stereocenters. The summed E-state index contributed by atoms with van der Waals surface area (Å²) in [5, 5.41) is 10.4. The molecule has 1 aliphatic carbocycles. The maximum atomic E-state index is 13.2. The Morgan fingerprint density at radius 2 is 1.59 bits per heavy atom.